The summed E-state index contributed by atoms with van der Waals surface area (Å²) >= 11 is 0. The number of anilines is 1. The van der Waals surface area contributed by atoms with Gasteiger partial charge in [-0.1, -0.05) is 37.3 Å². The molecule has 0 aliphatic carbocycles. The van der Waals surface area contributed by atoms with Gasteiger partial charge in [0.05, 0.1) is 0 Å². The van der Waals surface area contributed by atoms with Crippen molar-refractivity contribution >= 4 is 16.5 Å². The Morgan fingerprint density at radius 1 is 1.05 bits per heavy atom. The van der Waals surface area contributed by atoms with Gasteiger partial charge in [-0.3, -0.25) is 0 Å². The van der Waals surface area contributed by atoms with Crippen LogP contribution in [0.1, 0.15) is 19.8 Å². The Balaban J connectivity index is 1.71. The van der Waals surface area contributed by atoms with Gasteiger partial charge in [0, 0.05) is 25.4 Å². The van der Waals surface area contributed by atoms with Gasteiger partial charge in [0.1, 0.15) is 0 Å². The Kier molecular flexibility index (Phi) is 3.43. The number of hydrogen-bond acceptors (Lipinski definition) is 2. The third-order valence-corrected chi connectivity index (χ3v) is 4.17. The molecule has 1 heterocycles. The highest BCUT2D eigenvalue weighted by Crippen LogP contribution is 2.30. The normalized spacial score (nSPS) is 18.4. The highest BCUT2D eigenvalue weighted by molar-refractivity contribution is 5.85. The minimum atomic E-state index is 0.365. The zero-order chi connectivity index (χ0) is 13.1. The summed E-state index contributed by atoms with van der Waals surface area (Å²) < 4.78 is 5.45. The molecule has 0 atom stereocenters. The minimum absolute atomic E-state index is 0.365. The fraction of sp³-hybridized carbons (Fsp3) is 0.412. The highest BCUT2D eigenvalue weighted by atomic mass is 16.5. The first kappa shape index (κ1) is 12.5. The second-order valence-corrected chi connectivity index (χ2v) is 5.84. The van der Waals surface area contributed by atoms with E-state index in [-0.39, 0.29) is 0 Å². The summed E-state index contributed by atoms with van der Waals surface area (Å²) in [5.74, 6) is 0. The van der Waals surface area contributed by atoms with Crippen LogP contribution in [0.4, 0.5) is 5.69 Å². The minimum Gasteiger partial charge on any atom is -0.384 e. The molecule has 0 spiro atoms. The van der Waals surface area contributed by atoms with E-state index in [0.29, 0.717) is 5.41 Å². The lowest BCUT2D eigenvalue weighted by Crippen LogP contribution is -2.33. The largest absolute Gasteiger partial charge is 0.384 e. The van der Waals surface area contributed by atoms with E-state index < -0.39 is 0 Å². The van der Waals surface area contributed by atoms with Crippen molar-refractivity contribution in [2.45, 2.75) is 19.8 Å². The van der Waals surface area contributed by atoms with Crippen LogP contribution in [0.2, 0.25) is 0 Å². The van der Waals surface area contributed by atoms with Crippen LogP contribution in [-0.2, 0) is 4.74 Å². The SMILES string of the molecule is CC1(CNc2ccc3ccccc3c2)CCOCC1. The molecule has 3 rings (SSSR count). The molecule has 1 saturated heterocycles. The van der Waals surface area contributed by atoms with Crippen LogP contribution in [0.5, 0.6) is 0 Å². The fourth-order valence-corrected chi connectivity index (χ4v) is 2.66. The lowest BCUT2D eigenvalue weighted by molar-refractivity contribution is 0.0300. The van der Waals surface area contributed by atoms with Gasteiger partial charge < -0.3 is 10.1 Å². The molecule has 1 aliphatic rings. The summed E-state index contributed by atoms with van der Waals surface area (Å²) in [6.07, 6.45) is 2.29. The summed E-state index contributed by atoms with van der Waals surface area (Å²) in [6, 6.07) is 15.1. The average molecular weight is 255 g/mol. The molecule has 0 radical (unpaired) electrons. The van der Waals surface area contributed by atoms with E-state index in [9.17, 15) is 0 Å². The third kappa shape index (κ3) is 2.90. The predicted molar refractivity (Wildman–Crippen MR) is 80.6 cm³/mol. The number of benzene rings is 2. The van der Waals surface area contributed by atoms with Gasteiger partial charge in [-0.2, -0.15) is 0 Å². The van der Waals surface area contributed by atoms with Crippen LogP contribution >= 0.6 is 0 Å². The van der Waals surface area contributed by atoms with Gasteiger partial charge in [0.25, 0.3) is 0 Å². The lowest BCUT2D eigenvalue weighted by atomic mass is 9.82. The second kappa shape index (κ2) is 5.22. The van der Waals surface area contributed by atoms with E-state index in [0.717, 1.165) is 32.6 Å². The van der Waals surface area contributed by atoms with Crippen molar-refractivity contribution in [1.29, 1.82) is 0 Å². The van der Waals surface area contributed by atoms with Crippen molar-refractivity contribution in [3.05, 3.63) is 42.5 Å². The number of nitrogens with one attached hydrogen (secondary N) is 1. The number of rotatable bonds is 3. The zero-order valence-electron chi connectivity index (χ0n) is 11.5. The third-order valence-electron chi connectivity index (χ3n) is 4.17. The van der Waals surface area contributed by atoms with Gasteiger partial charge in [-0.25, -0.2) is 0 Å². The van der Waals surface area contributed by atoms with Crippen LogP contribution in [0, 0.1) is 5.41 Å². The highest BCUT2D eigenvalue weighted by Gasteiger charge is 2.26. The maximum Gasteiger partial charge on any atom is 0.0471 e. The Morgan fingerprint density at radius 2 is 1.79 bits per heavy atom. The average Bonchev–Trinajstić information content (AvgIpc) is 2.46. The van der Waals surface area contributed by atoms with Gasteiger partial charge >= 0.3 is 0 Å². The van der Waals surface area contributed by atoms with Crippen LogP contribution in [0.15, 0.2) is 42.5 Å². The molecule has 2 heteroatoms. The second-order valence-electron chi connectivity index (χ2n) is 5.84. The number of hydrogen-bond donors (Lipinski definition) is 1. The van der Waals surface area contributed by atoms with E-state index in [1.54, 1.807) is 0 Å². The molecule has 1 N–H and O–H groups in total. The van der Waals surface area contributed by atoms with Crippen LogP contribution in [0.25, 0.3) is 10.8 Å². The topological polar surface area (TPSA) is 21.3 Å². The quantitative estimate of drug-likeness (QED) is 0.892. The molecule has 0 aromatic heterocycles. The molecule has 0 unspecified atom stereocenters. The van der Waals surface area contributed by atoms with Gasteiger partial charge in [-0.15, -0.1) is 0 Å². The van der Waals surface area contributed by atoms with E-state index >= 15 is 0 Å². The Hall–Kier alpha value is -1.54. The molecule has 19 heavy (non-hydrogen) atoms. The van der Waals surface area contributed by atoms with Gasteiger partial charge in [0.2, 0.25) is 0 Å². The fourth-order valence-electron chi connectivity index (χ4n) is 2.66. The van der Waals surface area contributed by atoms with Gasteiger partial charge in [0.15, 0.2) is 0 Å². The Morgan fingerprint density at radius 3 is 2.58 bits per heavy atom. The van der Waals surface area contributed by atoms with E-state index in [1.165, 1.54) is 16.5 Å². The van der Waals surface area contributed by atoms with Crippen LogP contribution in [-0.4, -0.2) is 19.8 Å². The number of ether oxygens (including phenoxy) is 1. The molecule has 2 aromatic carbocycles. The van der Waals surface area contributed by atoms with Crippen molar-refractivity contribution in [1.82, 2.24) is 0 Å². The first-order valence-corrected chi connectivity index (χ1v) is 7.06. The van der Waals surface area contributed by atoms with E-state index in [1.807, 2.05) is 0 Å². The molecule has 100 valence electrons. The molecule has 2 nitrogen and oxygen atoms in total. The first-order chi connectivity index (χ1) is 9.25. The molecule has 0 bridgehead atoms. The van der Waals surface area contributed by atoms with Crippen molar-refractivity contribution in [2.75, 3.05) is 25.1 Å². The molecular formula is C17H21NO. The molecular weight excluding hydrogens is 234 g/mol. The summed E-state index contributed by atoms with van der Waals surface area (Å²) in [6.45, 7) is 5.17. The van der Waals surface area contributed by atoms with Crippen molar-refractivity contribution < 1.29 is 4.74 Å². The molecule has 0 saturated carbocycles. The summed E-state index contributed by atoms with van der Waals surface area (Å²) in [7, 11) is 0. The lowest BCUT2D eigenvalue weighted by Gasteiger charge is -2.34. The Bertz CT molecular complexity index is 558. The van der Waals surface area contributed by atoms with E-state index in [4.69, 9.17) is 4.74 Å². The molecule has 0 amide bonds. The first-order valence-electron chi connectivity index (χ1n) is 7.06. The van der Waals surface area contributed by atoms with Crippen molar-refractivity contribution in [3.63, 3.8) is 0 Å². The summed E-state index contributed by atoms with van der Waals surface area (Å²) in [5.41, 5.74) is 1.58. The van der Waals surface area contributed by atoms with Crippen LogP contribution < -0.4 is 5.32 Å². The molecule has 1 aliphatic heterocycles. The summed E-state index contributed by atoms with van der Waals surface area (Å²) in [4.78, 5) is 0. The maximum atomic E-state index is 5.45. The molecule has 1 fully saturated rings. The zero-order valence-corrected chi connectivity index (χ0v) is 11.5. The van der Waals surface area contributed by atoms with Gasteiger partial charge in [-0.05, 0) is 41.2 Å². The molecule has 2 aromatic rings. The van der Waals surface area contributed by atoms with E-state index in [2.05, 4.69) is 54.7 Å². The van der Waals surface area contributed by atoms with Crippen LogP contribution in [0.3, 0.4) is 0 Å². The van der Waals surface area contributed by atoms with Crippen molar-refractivity contribution in [2.24, 2.45) is 5.41 Å². The number of fused-ring (bicyclic) bond motifs is 1. The maximum absolute atomic E-state index is 5.45. The predicted octanol–water partition coefficient (Wildman–Crippen LogP) is 4.07. The standard InChI is InChI=1S/C17H21NO/c1-17(8-10-19-11-9-17)13-18-16-7-6-14-4-2-3-5-15(14)12-16/h2-7,12,18H,8-11,13H2,1H3. The Labute approximate surface area is 114 Å². The summed E-state index contributed by atoms with van der Waals surface area (Å²) in [5, 5.41) is 6.18. The monoisotopic (exact) mass is 255 g/mol. The smallest absolute Gasteiger partial charge is 0.0471 e. The van der Waals surface area contributed by atoms with Crippen molar-refractivity contribution in [3.8, 4) is 0 Å².